The smallest absolute Gasteiger partial charge is 0.408 e. The molecule has 0 saturated heterocycles. The van der Waals surface area contributed by atoms with Crippen molar-refractivity contribution in [2.75, 3.05) is 0 Å². The van der Waals surface area contributed by atoms with Gasteiger partial charge in [0.1, 0.15) is 18.4 Å². The lowest BCUT2D eigenvalue weighted by atomic mass is 9.78. The van der Waals surface area contributed by atoms with Gasteiger partial charge < -0.3 is 20.3 Å². The zero-order chi connectivity index (χ0) is 23.4. The molecule has 2 rings (SSSR count). The lowest BCUT2D eigenvalue weighted by Gasteiger charge is -2.28. The second-order valence-corrected chi connectivity index (χ2v) is 9.84. The number of benzene rings is 2. The fourth-order valence-corrected chi connectivity index (χ4v) is 3.30. The van der Waals surface area contributed by atoms with E-state index in [4.69, 9.17) is 4.74 Å². The Kier molecular flexibility index (Phi) is 7.37. The molecule has 0 radical (unpaired) electrons. The lowest BCUT2D eigenvalue weighted by Crippen LogP contribution is -2.42. The molecule has 0 bridgehead atoms. The van der Waals surface area contributed by atoms with Gasteiger partial charge >= 0.3 is 12.1 Å². The van der Waals surface area contributed by atoms with E-state index >= 15 is 0 Å². The minimum absolute atomic E-state index is 0.0561. The maximum Gasteiger partial charge on any atom is 0.408 e. The maximum atomic E-state index is 12.2. The summed E-state index contributed by atoms with van der Waals surface area (Å²) in [5.74, 6) is -0.926. The van der Waals surface area contributed by atoms with Crippen LogP contribution < -0.4 is 5.32 Å². The number of aromatic hydroxyl groups is 1. The van der Waals surface area contributed by atoms with Crippen molar-refractivity contribution < 1.29 is 24.5 Å². The summed E-state index contributed by atoms with van der Waals surface area (Å²) < 4.78 is 5.17. The molecule has 0 unspecified atom stereocenters. The minimum atomic E-state index is -1.16. The first-order valence-electron chi connectivity index (χ1n) is 10.4. The fraction of sp³-hybridized carbons (Fsp3) is 0.440. The normalized spacial score (nSPS) is 12.8. The molecule has 0 heterocycles. The maximum absolute atomic E-state index is 12.2. The van der Waals surface area contributed by atoms with Crippen LogP contribution in [-0.4, -0.2) is 28.3 Å². The molecule has 6 heteroatoms. The summed E-state index contributed by atoms with van der Waals surface area (Å²) in [6, 6.07) is 11.6. The van der Waals surface area contributed by atoms with Gasteiger partial charge in [0.15, 0.2) is 0 Å². The molecule has 1 atom stereocenters. The van der Waals surface area contributed by atoms with Crippen LogP contribution >= 0.6 is 0 Å². The summed E-state index contributed by atoms with van der Waals surface area (Å²) in [6.45, 7) is 12.0. The van der Waals surface area contributed by atoms with Gasteiger partial charge in [0.2, 0.25) is 0 Å². The van der Waals surface area contributed by atoms with Gasteiger partial charge in [0.25, 0.3) is 0 Å². The van der Waals surface area contributed by atoms with Gasteiger partial charge in [-0.3, -0.25) is 0 Å². The molecule has 1 amide bonds. The number of amides is 1. The highest BCUT2D eigenvalue weighted by molar-refractivity contribution is 5.80. The van der Waals surface area contributed by atoms with Crippen molar-refractivity contribution in [3.05, 3.63) is 64.7 Å². The van der Waals surface area contributed by atoms with Crippen LogP contribution in [0.25, 0.3) is 0 Å². The Balaban J connectivity index is 2.24. The van der Waals surface area contributed by atoms with Crippen LogP contribution in [0.15, 0.2) is 42.5 Å². The summed E-state index contributed by atoms with van der Waals surface area (Å²) in [5.41, 5.74) is 2.36. The Morgan fingerprint density at radius 2 is 1.45 bits per heavy atom. The summed E-state index contributed by atoms with van der Waals surface area (Å²) >= 11 is 0. The van der Waals surface area contributed by atoms with Gasteiger partial charge in [-0.25, -0.2) is 9.59 Å². The van der Waals surface area contributed by atoms with Crippen molar-refractivity contribution in [3.8, 4) is 5.75 Å². The van der Waals surface area contributed by atoms with E-state index in [1.165, 1.54) is 0 Å². The van der Waals surface area contributed by atoms with Crippen LogP contribution in [0.1, 0.15) is 63.8 Å². The van der Waals surface area contributed by atoms with Crippen LogP contribution in [0.2, 0.25) is 0 Å². The Labute approximate surface area is 184 Å². The van der Waals surface area contributed by atoms with Crippen molar-refractivity contribution in [1.29, 1.82) is 0 Å². The summed E-state index contributed by atoms with van der Waals surface area (Å²) in [7, 11) is 0. The Morgan fingerprint density at radius 1 is 0.935 bits per heavy atom. The van der Waals surface area contributed by atoms with Crippen LogP contribution in [0.5, 0.6) is 5.75 Å². The third kappa shape index (κ3) is 6.74. The lowest BCUT2D eigenvalue weighted by molar-refractivity contribution is -0.139. The van der Waals surface area contributed by atoms with Gasteiger partial charge in [0.05, 0.1) is 0 Å². The molecule has 0 aromatic heterocycles. The molecule has 0 aliphatic rings. The number of alkyl carbamates (subject to hydrolysis) is 1. The number of rotatable bonds is 6. The van der Waals surface area contributed by atoms with Crippen molar-refractivity contribution >= 4 is 12.1 Å². The number of aliphatic carboxylic acids is 1. The molecule has 168 valence electrons. The van der Waals surface area contributed by atoms with Crippen LogP contribution in [0, 0.1) is 0 Å². The molecule has 6 nitrogen and oxygen atoms in total. The standard InChI is InChI=1S/C25H33NO5/c1-24(2,3)18-12-17(13-19(21(18)27)25(4,5)6)14-20(22(28)29)26-23(30)31-15-16-10-8-7-9-11-16/h7-13,20,27H,14-15H2,1-6H3,(H,26,30)(H,28,29)/t20-/m0/s1. The second kappa shape index (κ2) is 9.41. The Morgan fingerprint density at radius 3 is 1.90 bits per heavy atom. The number of phenols is 1. The number of carbonyl (C=O) groups excluding carboxylic acids is 1. The van der Waals surface area contributed by atoms with Crippen molar-refractivity contribution in [2.24, 2.45) is 0 Å². The third-order valence-electron chi connectivity index (χ3n) is 5.03. The molecule has 0 spiro atoms. The molecule has 0 fully saturated rings. The molecular formula is C25H33NO5. The van der Waals surface area contributed by atoms with Crippen LogP contribution in [0.3, 0.4) is 0 Å². The largest absolute Gasteiger partial charge is 0.507 e. The van der Waals surface area contributed by atoms with Gasteiger partial charge in [-0.05, 0) is 33.1 Å². The quantitative estimate of drug-likeness (QED) is 0.609. The number of ether oxygens (including phenoxy) is 1. The predicted molar refractivity (Wildman–Crippen MR) is 120 cm³/mol. The predicted octanol–water partition coefficient (Wildman–Crippen LogP) is 4.91. The first-order chi connectivity index (χ1) is 14.3. The Hall–Kier alpha value is -3.02. The molecule has 0 saturated carbocycles. The van der Waals surface area contributed by atoms with E-state index in [9.17, 15) is 19.8 Å². The number of hydrogen-bond donors (Lipinski definition) is 3. The topological polar surface area (TPSA) is 95.9 Å². The fourth-order valence-electron chi connectivity index (χ4n) is 3.30. The van der Waals surface area contributed by atoms with E-state index < -0.39 is 18.1 Å². The van der Waals surface area contributed by atoms with E-state index in [1.807, 2.05) is 84.0 Å². The number of nitrogens with one attached hydrogen (secondary N) is 1. The van der Waals surface area contributed by atoms with Crippen molar-refractivity contribution in [2.45, 2.75) is 71.4 Å². The number of phenolic OH excluding ortho intramolecular Hbond substituents is 1. The molecule has 2 aromatic carbocycles. The first kappa shape index (κ1) is 24.3. The molecule has 31 heavy (non-hydrogen) atoms. The van der Waals surface area contributed by atoms with Crippen LogP contribution in [0.4, 0.5) is 4.79 Å². The minimum Gasteiger partial charge on any atom is -0.507 e. The molecule has 2 aromatic rings. The highest BCUT2D eigenvalue weighted by Crippen LogP contribution is 2.40. The average molecular weight is 428 g/mol. The highest BCUT2D eigenvalue weighted by atomic mass is 16.5. The first-order valence-corrected chi connectivity index (χ1v) is 10.4. The average Bonchev–Trinajstić information content (AvgIpc) is 2.66. The van der Waals surface area contributed by atoms with Gasteiger partial charge in [-0.1, -0.05) is 84.0 Å². The SMILES string of the molecule is CC(C)(C)c1cc(C[C@H](NC(=O)OCc2ccccc2)C(=O)O)cc(C(C)(C)C)c1O. The summed E-state index contributed by atoms with van der Waals surface area (Å²) in [4.78, 5) is 24.0. The van der Waals surface area contributed by atoms with E-state index in [2.05, 4.69) is 5.32 Å². The van der Waals surface area contributed by atoms with Crippen molar-refractivity contribution in [3.63, 3.8) is 0 Å². The second-order valence-electron chi connectivity index (χ2n) is 9.84. The summed E-state index contributed by atoms with van der Waals surface area (Å²) in [6.07, 6.45) is -0.718. The molecule has 0 aliphatic carbocycles. The molecule has 3 N–H and O–H groups in total. The monoisotopic (exact) mass is 427 g/mol. The van der Waals surface area contributed by atoms with E-state index in [0.29, 0.717) is 0 Å². The van der Waals surface area contributed by atoms with Crippen molar-refractivity contribution in [1.82, 2.24) is 5.32 Å². The molecular weight excluding hydrogens is 394 g/mol. The zero-order valence-electron chi connectivity index (χ0n) is 19.2. The number of carbonyl (C=O) groups is 2. The van der Waals surface area contributed by atoms with Gasteiger partial charge in [-0.15, -0.1) is 0 Å². The van der Waals surface area contributed by atoms with E-state index in [0.717, 1.165) is 22.3 Å². The van der Waals surface area contributed by atoms with E-state index in [-0.39, 0.29) is 29.6 Å². The van der Waals surface area contributed by atoms with Gasteiger partial charge in [-0.2, -0.15) is 0 Å². The zero-order valence-corrected chi connectivity index (χ0v) is 19.2. The van der Waals surface area contributed by atoms with E-state index in [1.54, 1.807) is 0 Å². The number of hydrogen-bond acceptors (Lipinski definition) is 4. The number of carboxylic acid groups (broad SMARTS) is 1. The Bertz CT molecular complexity index is 888. The molecule has 0 aliphatic heterocycles. The number of carboxylic acids is 1. The highest BCUT2D eigenvalue weighted by Gasteiger charge is 2.28. The van der Waals surface area contributed by atoms with Crippen LogP contribution in [-0.2, 0) is 33.4 Å². The third-order valence-corrected chi connectivity index (χ3v) is 5.03. The van der Waals surface area contributed by atoms with Gasteiger partial charge in [0, 0.05) is 6.42 Å². The summed E-state index contributed by atoms with van der Waals surface area (Å²) in [5, 5.41) is 23.0.